The number of nitrogens with zero attached hydrogens (tertiary/aromatic N) is 5. The van der Waals surface area contributed by atoms with Crippen LogP contribution >= 0.6 is 135 Å². The number of hydrogen-bond donors (Lipinski definition) is 1. The fourth-order valence-electron chi connectivity index (χ4n) is 19.3. The summed E-state index contributed by atoms with van der Waals surface area (Å²) < 4.78 is 4.90. The molecule has 4 unspecified atom stereocenters. The fraction of sp³-hybridized carbons (Fsp3) is 0.593. The van der Waals surface area contributed by atoms with Crippen LogP contribution in [0, 0.1) is 23.7 Å². The number of hydrogen-bond acceptors (Lipinski definition) is 14. The van der Waals surface area contributed by atoms with Crippen LogP contribution in [0.2, 0.25) is 0 Å². The van der Waals surface area contributed by atoms with E-state index >= 15 is 19.2 Å². The van der Waals surface area contributed by atoms with Gasteiger partial charge in [-0.1, -0.05) is 324 Å². The molecule has 0 aromatic carbocycles. The molecule has 129 heavy (non-hydrogen) atoms. The van der Waals surface area contributed by atoms with Crippen molar-refractivity contribution in [1.82, 2.24) is 19.6 Å². The number of carbonyl (C=O) groups is 4. The predicted molar refractivity (Wildman–Crippen MR) is 579 cm³/mol. The summed E-state index contributed by atoms with van der Waals surface area (Å²) in [5, 5.41) is 4.27. The molecule has 21 heteroatoms. The van der Waals surface area contributed by atoms with Gasteiger partial charge in [0.2, 0.25) is 0 Å². The Kier molecular flexibility index (Phi) is 49.3. The number of unbranched alkanes of at least 4 members (excludes halogenated alkanes) is 32. The molecular formula is C108H151BBr2N5O4S9. The van der Waals surface area contributed by atoms with E-state index in [-0.39, 0.29) is 23.6 Å². The maximum absolute atomic E-state index is 15.6. The molecule has 1 radical (unpaired) electrons. The molecule has 0 aliphatic carbocycles. The molecule has 0 saturated carbocycles. The van der Waals surface area contributed by atoms with E-state index in [1.807, 2.05) is 0 Å². The molecule has 12 rings (SSSR count). The fourth-order valence-corrected chi connectivity index (χ4v) is 28.2. The van der Waals surface area contributed by atoms with Crippen molar-refractivity contribution >= 4 is 189 Å². The second-order valence-electron chi connectivity index (χ2n) is 36.6. The molecular weight excluding hydrogens is 1890 g/mol. The Bertz CT molecular complexity index is 4470. The van der Waals surface area contributed by atoms with E-state index in [0.717, 1.165) is 101 Å². The summed E-state index contributed by atoms with van der Waals surface area (Å²) >= 11 is 24.5. The molecule has 8 aromatic heterocycles. The van der Waals surface area contributed by atoms with Crippen LogP contribution in [-0.2, 0) is 19.2 Å². The molecule has 0 saturated heterocycles. The third-order valence-corrected chi connectivity index (χ3v) is 36.5. The van der Waals surface area contributed by atoms with Gasteiger partial charge in [-0.3, -0.25) is 19.2 Å². The first-order chi connectivity index (χ1) is 63.2. The van der Waals surface area contributed by atoms with Crippen molar-refractivity contribution in [3.05, 3.63) is 157 Å². The van der Waals surface area contributed by atoms with Gasteiger partial charge in [0.15, 0.2) is 0 Å². The third kappa shape index (κ3) is 31.8. The molecule has 4 amide bonds. The van der Waals surface area contributed by atoms with Crippen LogP contribution in [0.5, 0.6) is 0 Å². The normalized spacial score (nSPS) is 14.9. The number of thiophene rings is 8. The standard InChI is InChI=1S/C54H74Br2N2O2S4.C54H76N2O2S4.BHNS/c1-5-9-13-17-19-23-27-39(25-21-15-11-7-3)37-57-51(45-31-29-41(61-45)43-33-35-47(55)63-43)49-50(53(57)59)52(46-32-30-42(62-46)44-34-36-48(56)64-44)58(54(49)60)38-40(26-22-16-12-8-4)28-24-20-18-14-10-6-2;1-5-9-13-17-19-23-29-41(27-21-15-11-7-3)39-55-51(47-35-33-45(61-47)43-31-25-37-59-43)49-50(53(55)57)52(48-36-34-46(62-48)44-32-26-38-60-44)56(54(49)58)40-42(28-22-16-12-8-4)30-24-20-18-14-10-6-2;1-2-3/h29-36,39-40H,5-28,37-38H2,1-4H3;25-26,31-38,41-42H,5-24,27-30,39-40H2,1-4H3;3H. The van der Waals surface area contributed by atoms with Gasteiger partial charge in [-0.15, -0.1) is 90.7 Å². The van der Waals surface area contributed by atoms with Crippen LogP contribution in [0.3, 0.4) is 0 Å². The average Bonchev–Trinajstić information content (AvgIpc) is 1.56. The Morgan fingerprint density at radius 2 is 0.442 bits per heavy atom. The van der Waals surface area contributed by atoms with Crippen molar-refractivity contribution in [3.8, 4) is 39.0 Å². The topological polar surface area (TPSA) is 93.6 Å². The second kappa shape index (κ2) is 59.6. The zero-order valence-corrected chi connectivity index (χ0v) is 90.0. The number of fused-ring (bicyclic) bond motifs is 2. The number of amides is 4. The van der Waals surface area contributed by atoms with Gasteiger partial charge in [-0.25, -0.2) is 0 Å². The first-order valence-electron chi connectivity index (χ1n) is 50.5. The Hall–Kier alpha value is -4.39. The summed E-state index contributed by atoms with van der Waals surface area (Å²) in [6.45, 7) is 20.9. The van der Waals surface area contributed by atoms with Crippen LogP contribution in [0.25, 0.3) is 61.8 Å². The SMILES string of the molecule is CCCCCCCCC(CCCCCC)CN1C(=O)C2=C(c3ccc(-c4ccc(Br)s4)s3)N(CC(CCCCCC)CCCCCCCC)C(=O)C2=C1c1ccc(-c2ccc(Br)s2)s1.CCCCCCCCC(CCCCCC)CN1C(=O)C2=C(c3ccc(-c4cccs4)s3)N(CC(CCCCCC)CCCCCCCC)C(=O)C2=C1c1ccc(-c2cccs2)s1.[B]=NS. The zero-order valence-electron chi connectivity index (χ0n) is 79.4. The van der Waals surface area contributed by atoms with E-state index in [1.54, 1.807) is 90.7 Å². The molecule has 0 fully saturated rings. The molecule has 0 N–H and O–H groups in total. The van der Waals surface area contributed by atoms with Gasteiger partial charge in [0.1, 0.15) is 0 Å². The van der Waals surface area contributed by atoms with E-state index in [1.165, 1.54) is 296 Å². The van der Waals surface area contributed by atoms with Crippen molar-refractivity contribution in [1.29, 1.82) is 0 Å². The van der Waals surface area contributed by atoms with Crippen LogP contribution in [0.1, 0.15) is 383 Å². The summed E-state index contributed by atoms with van der Waals surface area (Å²) in [7, 11) is 4.34. The molecule has 4 aliphatic heterocycles. The minimum absolute atomic E-state index is 0.0235. The monoisotopic (exact) mass is 2040 g/mol. The number of halogens is 2. The van der Waals surface area contributed by atoms with Crippen LogP contribution in [0.4, 0.5) is 0 Å². The van der Waals surface area contributed by atoms with Crippen molar-refractivity contribution in [2.45, 2.75) is 364 Å². The molecule has 4 aliphatic rings. The Morgan fingerprint density at radius 1 is 0.264 bits per heavy atom. The predicted octanol–water partition coefficient (Wildman–Crippen LogP) is 37.2. The number of carbonyl (C=O) groups excluding carboxylic acids is 4. The quantitative estimate of drug-likeness (QED) is 0.0233. The minimum atomic E-state index is 0.0235. The van der Waals surface area contributed by atoms with Gasteiger partial charge < -0.3 is 19.6 Å². The summed E-state index contributed by atoms with van der Waals surface area (Å²) in [4.78, 5) is 84.5. The van der Waals surface area contributed by atoms with Crippen LogP contribution in [0.15, 0.2) is 142 Å². The molecule has 8 aromatic rings. The van der Waals surface area contributed by atoms with Crippen molar-refractivity contribution in [3.63, 3.8) is 0 Å². The van der Waals surface area contributed by atoms with Gasteiger partial charge in [-0.05, 0) is 203 Å². The van der Waals surface area contributed by atoms with E-state index < -0.39 is 0 Å². The summed E-state index contributed by atoms with van der Waals surface area (Å²) in [6, 6.07) is 34.7. The Labute approximate surface area is 834 Å². The van der Waals surface area contributed by atoms with Gasteiger partial charge in [-0.2, -0.15) is 0 Å². The van der Waals surface area contributed by atoms with Crippen molar-refractivity contribution in [2.75, 3.05) is 26.2 Å². The third-order valence-electron chi connectivity index (χ3n) is 26.4. The molecule has 0 bridgehead atoms. The molecule has 12 heterocycles. The molecule has 703 valence electrons. The van der Waals surface area contributed by atoms with Crippen molar-refractivity contribution < 1.29 is 19.2 Å². The summed E-state index contributed by atoms with van der Waals surface area (Å²) in [6.07, 6.45) is 59.2. The first kappa shape index (κ1) is 107. The maximum atomic E-state index is 15.6. The second-order valence-corrected chi connectivity index (χ2v) is 48.0. The van der Waals surface area contributed by atoms with Gasteiger partial charge >= 0.3 is 24.8 Å². The zero-order chi connectivity index (χ0) is 91.5. The Balaban J connectivity index is 0.000000261. The molecule has 0 spiro atoms. The first-order valence-corrected chi connectivity index (χ1v) is 59.1. The van der Waals surface area contributed by atoms with E-state index in [2.05, 4.69) is 239 Å². The van der Waals surface area contributed by atoms with Gasteiger partial charge in [0, 0.05) is 65.2 Å². The molecule has 4 atom stereocenters. The Morgan fingerprint density at radius 3 is 0.636 bits per heavy atom. The summed E-state index contributed by atoms with van der Waals surface area (Å²) in [5.74, 6) is 1.70. The number of thiol groups is 1. The van der Waals surface area contributed by atoms with E-state index in [0.29, 0.717) is 72.1 Å². The van der Waals surface area contributed by atoms with Gasteiger partial charge in [0.25, 0.3) is 23.6 Å². The van der Waals surface area contributed by atoms with Crippen LogP contribution in [-0.4, -0.2) is 77.0 Å². The molecule has 9 nitrogen and oxygen atoms in total. The van der Waals surface area contributed by atoms with Gasteiger partial charge in [0.05, 0.1) is 72.2 Å². The summed E-state index contributed by atoms with van der Waals surface area (Å²) in [5.41, 5.74) is 6.05. The van der Waals surface area contributed by atoms with Crippen LogP contribution < -0.4 is 0 Å². The number of rotatable bonds is 64. The van der Waals surface area contributed by atoms with E-state index in [4.69, 9.17) is 0 Å². The van der Waals surface area contributed by atoms with Crippen molar-refractivity contribution in [2.24, 2.45) is 28.0 Å². The van der Waals surface area contributed by atoms with E-state index in [9.17, 15) is 0 Å². The average molecular weight is 2040 g/mol.